The second kappa shape index (κ2) is 8.66. The topological polar surface area (TPSA) is 12.0 Å². The zero-order valence-corrected chi connectivity index (χ0v) is 11.2. The van der Waals surface area contributed by atoms with Gasteiger partial charge in [0.15, 0.2) is 0 Å². The van der Waals surface area contributed by atoms with Gasteiger partial charge in [0.1, 0.15) is 0 Å². The quantitative estimate of drug-likeness (QED) is 0.694. The van der Waals surface area contributed by atoms with E-state index in [1.54, 1.807) is 0 Å². The fourth-order valence-corrected chi connectivity index (χ4v) is 2.54. The van der Waals surface area contributed by atoms with Crippen molar-refractivity contribution in [2.45, 2.75) is 26.2 Å². The van der Waals surface area contributed by atoms with Gasteiger partial charge < -0.3 is 5.32 Å². The summed E-state index contributed by atoms with van der Waals surface area (Å²) >= 11 is 2.04. The Kier molecular flexibility index (Phi) is 7.35. The van der Waals surface area contributed by atoms with Crippen molar-refractivity contribution in [3.63, 3.8) is 0 Å². The van der Waals surface area contributed by atoms with Crippen LogP contribution in [0.5, 0.6) is 0 Å². The predicted octanol–water partition coefficient (Wildman–Crippen LogP) is 3.52. The van der Waals surface area contributed by atoms with Gasteiger partial charge in [-0.1, -0.05) is 44.2 Å². The van der Waals surface area contributed by atoms with Crippen molar-refractivity contribution in [3.05, 3.63) is 35.9 Å². The lowest BCUT2D eigenvalue weighted by molar-refractivity contribution is 0.587. The summed E-state index contributed by atoms with van der Waals surface area (Å²) < 4.78 is 0. The van der Waals surface area contributed by atoms with Crippen LogP contribution in [0.4, 0.5) is 0 Å². The number of likely N-dealkylation sites (N-methyl/N-ethyl adjacent to an activating group) is 1. The van der Waals surface area contributed by atoms with E-state index in [1.165, 1.54) is 23.5 Å². The molecule has 0 saturated carbocycles. The molecule has 0 heterocycles. The van der Waals surface area contributed by atoms with Gasteiger partial charge in [0, 0.05) is 6.54 Å². The van der Waals surface area contributed by atoms with E-state index in [0.717, 1.165) is 13.1 Å². The van der Waals surface area contributed by atoms with Gasteiger partial charge >= 0.3 is 0 Å². The van der Waals surface area contributed by atoms with Crippen molar-refractivity contribution < 1.29 is 0 Å². The summed E-state index contributed by atoms with van der Waals surface area (Å²) in [6.45, 7) is 6.56. The molecule has 0 bridgehead atoms. The molecule has 2 heteroatoms. The Labute approximate surface area is 104 Å². The summed E-state index contributed by atoms with van der Waals surface area (Å²) in [4.78, 5) is 0. The molecule has 1 aromatic carbocycles. The van der Waals surface area contributed by atoms with Gasteiger partial charge in [0.25, 0.3) is 0 Å². The van der Waals surface area contributed by atoms with E-state index in [4.69, 9.17) is 0 Å². The summed E-state index contributed by atoms with van der Waals surface area (Å²) in [5.41, 5.74) is 1.47. The Morgan fingerprint density at radius 3 is 2.56 bits per heavy atom. The van der Waals surface area contributed by atoms with Crippen molar-refractivity contribution >= 4 is 11.8 Å². The van der Waals surface area contributed by atoms with Crippen LogP contribution in [0, 0.1) is 0 Å². The van der Waals surface area contributed by atoms with E-state index >= 15 is 0 Å². The first kappa shape index (κ1) is 13.6. The molecule has 0 aliphatic heterocycles. The van der Waals surface area contributed by atoms with E-state index in [0.29, 0.717) is 5.92 Å². The third kappa shape index (κ3) is 5.04. The van der Waals surface area contributed by atoms with Gasteiger partial charge in [-0.15, -0.1) is 0 Å². The largest absolute Gasteiger partial charge is 0.316 e. The van der Waals surface area contributed by atoms with Gasteiger partial charge in [-0.2, -0.15) is 11.8 Å². The summed E-state index contributed by atoms with van der Waals surface area (Å²) in [5, 5.41) is 3.46. The van der Waals surface area contributed by atoms with Crippen LogP contribution in [-0.4, -0.2) is 24.6 Å². The highest BCUT2D eigenvalue weighted by atomic mass is 32.2. The summed E-state index contributed by atoms with van der Waals surface area (Å²) in [6, 6.07) is 10.9. The monoisotopic (exact) mass is 237 g/mol. The lowest BCUT2D eigenvalue weighted by atomic mass is 9.96. The standard InChI is InChI=1S/C14H23NS/c1-3-15-12-14(10-11-16-4-2)13-8-6-5-7-9-13/h5-9,14-15H,3-4,10-12H2,1-2H3. The molecule has 0 aliphatic rings. The molecule has 90 valence electrons. The molecule has 0 saturated heterocycles. The van der Waals surface area contributed by atoms with Crippen LogP contribution in [0.1, 0.15) is 31.7 Å². The van der Waals surface area contributed by atoms with Crippen molar-refractivity contribution in [2.24, 2.45) is 0 Å². The summed E-state index contributed by atoms with van der Waals surface area (Å²) in [5.74, 6) is 3.16. The van der Waals surface area contributed by atoms with Crippen LogP contribution < -0.4 is 5.32 Å². The molecule has 0 amide bonds. The van der Waals surface area contributed by atoms with E-state index in [1.807, 2.05) is 11.8 Å². The van der Waals surface area contributed by atoms with Crippen LogP contribution in [0.25, 0.3) is 0 Å². The van der Waals surface area contributed by atoms with Gasteiger partial charge in [0.2, 0.25) is 0 Å². The Morgan fingerprint density at radius 1 is 1.19 bits per heavy atom. The molecule has 0 aliphatic carbocycles. The number of nitrogens with one attached hydrogen (secondary N) is 1. The highest BCUT2D eigenvalue weighted by Gasteiger charge is 2.09. The van der Waals surface area contributed by atoms with E-state index < -0.39 is 0 Å². The number of rotatable bonds is 8. The number of hydrogen-bond acceptors (Lipinski definition) is 2. The van der Waals surface area contributed by atoms with Crippen molar-refractivity contribution in [2.75, 3.05) is 24.6 Å². The van der Waals surface area contributed by atoms with Gasteiger partial charge in [-0.3, -0.25) is 0 Å². The lowest BCUT2D eigenvalue weighted by Crippen LogP contribution is -2.21. The molecule has 1 nitrogen and oxygen atoms in total. The van der Waals surface area contributed by atoms with Gasteiger partial charge in [-0.25, -0.2) is 0 Å². The fourth-order valence-electron chi connectivity index (χ4n) is 1.80. The molecule has 0 radical (unpaired) electrons. The van der Waals surface area contributed by atoms with E-state index in [-0.39, 0.29) is 0 Å². The van der Waals surface area contributed by atoms with Crippen molar-refractivity contribution in [1.29, 1.82) is 0 Å². The van der Waals surface area contributed by atoms with Crippen LogP contribution in [0.3, 0.4) is 0 Å². The summed E-state index contributed by atoms with van der Waals surface area (Å²) in [6.07, 6.45) is 1.27. The van der Waals surface area contributed by atoms with Gasteiger partial charge in [0.05, 0.1) is 0 Å². The highest BCUT2D eigenvalue weighted by molar-refractivity contribution is 7.99. The molecule has 0 aromatic heterocycles. The SMILES string of the molecule is CCNCC(CCSCC)c1ccccc1. The minimum Gasteiger partial charge on any atom is -0.316 e. The Morgan fingerprint density at radius 2 is 1.94 bits per heavy atom. The molecule has 0 fully saturated rings. The molecular formula is C14H23NS. The molecule has 1 rings (SSSR count). The maximum absolute atomic E-state index is 3.46. The maximum Gasteiger partial charge on any atom is 0.00203 e. The Balaban J connectivity index is 2.49. The van der Waals surface area contributed by atoms with E-state index in [9.17, 15) is 0 Å². The van der Waals surface area contributed by atoms with Gasteiger partial charge in [-0.05, 0) is 36.0 Å². The molecular weight excluding hydrogens is 214 g/mol. The molecule has 0 spiro atoms. The Hall–Kier alpha value is -0.470. The zero-order valence-electron chi connectivity index (χ0n) is 10.4. The molecule has 1 atom stereocenters. The normalized spacial score (nSPS) is 12.6. The van der Waals surface area contributed by atoms with Crippen LogP contribution in [0.2, 0.25) is 0 Å². The fraction of sp³-hybridized carbons (Fsp3) is 0.571. The zero-order chi connectivity index (χ0) is 11.6. The predicted molar refractivity (Wildman–Crippen MR) is 75.3 cm³/mol. The average Bonchev–Trinajstić information content (AvgIpc) is 2.35. The Bertz CT molecular complexity index is 261. The molecule has 16 heavy (non-hydrogen) atoms. The second-order valence-electron chi connectivity index (χ2n) is 3.90. The first-order valence-corrected chi connectivity index (χ1v) is 7.37. The smallest absolute Gasteiger partial charge is 0.00203 e. The van der Waals surface area contributed by atoms with Crippen LogP contribution >= 0.6 is 11.8 Å². The number of benzene rings is 1. The third-order valence-electron chi connectivity index (χ3n) is 2.73. The van der Waals surface area contributed by atoms with Crippen molar-refractivity contribution in [3.8, 4) is 0 Å². The minimum atomic E-state index is 0.667. The minimum absolute atomic E-state index is 0.667. The first-order valence-electron chi connectivity index (χ1n) is 6.21. The molecule has 1 unspecified atom stereocenters. The third-order valence-corrected chi connectivity index (χ3v) is 3.66. The van der Waals surface area contributed by atoms with Crippen molar-refractivity contribution in [1.82, 2.24) is 5.32 Å². The maximum atomic E-state index is 3.46. The van der Waals surface area contributed by atoms with E-state index in [2.05, 4.69) is 49.5 Å². The highest BCUT2D eigenvalue weighted by Crippen LogP contribution is 2.20. The number of thioether (sulfide) groups is 1. The number of hydrogen-bond donors (Lipinski definition) is 1. The molecule has 1 aromatic rings. The molecule has 1 N–H and O–H groups in total. The lowest BCUT2D eigenvalue weighted by Gasteiger charge is -2.17. The van der Waals surface area contributed by atoms with Crippen LogP contribution in [0.15, 0.2) is 30.3 Å². The first-order chi connectivity index (χ1) is 7.88. The summed E-state index contributed by atoms with van der Waals surface area (Å²) in [7, 11) is 0. The second-order valence-corrected chi connectivity index (χ2v) is 5.29. The average molecular weight is 237 g/mol. The van der Waals surface area contributed by atoms with Crippen LogP contribution in [-0.2, 0) is 0 Å².